The minimum atomic E-state index is 0.703. The minimum Gasteiger partial charge on any atom is -0.354 e. The highest BCUT2D eigenvalue weighted by Gasteiger charge is 2.27. The molecule has 4 heteroatoms. The van der Waals surface area contributed by atoms with E-state index in [2.05, 4.69) is 14.8 Å². The number of fused-ring (bicyclic) bond motifs is 1. The molecule has 0 N–H and O–H groups in total. The summed E-state index contributed by atoms with van der Waals surface area (Å²) >= 11 is 0. The molecule has 4 nitrogen and oxygen atoms in total. The predicted octanol–water partition coefficient (Wildman–Crippen LogP) is 2.69. The number of para-hydroxylation sites is 2. The van der Waals surface area contributed by atoms with Crippen molar-refractivity contribution in [2.45, 2.75) is 31.7 Å². The quantitative estimate of drug-likeness (QED) is 0.848. The van der Waals surface area contributed by atoms with Crippen molar-refractivity contribution >= 4 is 16.9 Å². The lowest BCUT2D eigenvalue weighted by Gasteiger charge is -2.38. The van der Waals surface area contributed by atoms with Crippen molar-refractivity contribution in [1.29, 1.82) is 0 Å². The van der Waals surface area contributed by atoms with E-state index in [-0.39, 0.29) is 0 Å². The maximum atomic E-state index is 4.80. The second kappa shape index (κ2) is 5.60. The van der Waals surface area contributed by atoms with Crippen LogP contribution in [0.4, 0.5) is 5.82 Å². The van der Waals surface area contributed by atoms with E-state index >= 15 is 0 Å². The van der Waals surface area contributed by atoms with Crippen LogP contribution in [0.1, 0.15) is 25.7 Å². The van der Waals surface area contributed by atoms with Gasteiger partial charge in [-0.1, -0.05) is 12.1 Å². The number of benzene rings is 1. The fraction of sp³-hybridized carbons (Fsp3) is 0.529. The SMILES string of the molecule is c1ccc2nc(N3CCCC(N4CCCC4)C3)cnc2c1. The molecular formula is C17H22N4. The second-order valence-corrected chi connectivity index (χ2v) is 6.20. The lowest BCUT2D eigenvalue weighted by atomic mass is 10.0. The summed E-state index contributed by atoms with van der Waals surface area (Å²) in [5.41, 5.74) is 1.98. The zero-order chi connectivity index (χ0) is 14.1. The Morgan fingerprint density at radius 3 is 2.62 bits per heavy atom. The summed E-state index contributed by atoms with van der Waals surface area (Å²) in [4.78, 5) is 14.5. The van der Waals surface area contributed by atoms with Crippen molar-refractivity contribution in [2.24, 2.45) is 0 Å². The molecule has 1 atom stereocenters. The van der Waals surface area contributed by atoms with Crippen LogP contribution in [-0.4, -0.2) is 47.1 Å². The van der Waals surface area contributed by atoms with Gasteiger partial charge in [0, 0.05) is 19.1 Å². The molecule has 0 amide bonds. The summed E-state index contributed by atoms with van der Waals surface area (Å²) in [6.45, 7) is 4.77. The lowest BCUT2D eigenvalue weighted by molar-refractivity contribution is 0.215. The van der Waals surface area contributed by atoms with Gasteiger partial charge in [0.2, 0.25) is 0 Å². The van der Waals surface area contributed by atoms with Gasteiger partial charge in [0.05, 0.1) is 17.2 Å². The molecule has 1 aromatic heterocycles. The molecular weight excluding hydrogens is 260 g/mol. The van der Waals surface area contributed by atoms with Crippen LogP contribution in [-0.2, 0) is 0 Å². The molecule has 0 saturated carbocycles. The van der Waals surface area contributed by atoms with Crippen LogP contribution < -0.4 is 4.90 Å². The van der Waals surface area contributed by atoms with E-state index in [0.717, 1.165) is 29.9 Å². The fourth-order valence-electron chi connectivity index (χ4n) is 3.67. The summed E-state index contributed by atoms with van der Waals surface area (Å²) in [5.74, 6) is 1.04. The van der Waals surface area contributed by atoms with Gasteiger partial charge in [0.15, 0.2) is 0 Å². The second-order valence-electron chi connectivity index (χ2n) is 6.20. The first-order valence-corrected chi connectivity index (χ1v) is 8.11. The van der Waals surface area contributed by atoms with E-state index in [1.807, 2.05) is 30.5 Å². The molecule has 0 bridgehead atoms. The Morgan fingerprint density at radius 2 is 1.76 bits per heavy atom. The number of aromatic nitrogens is 2. The molecule has 2 fully saturated rings. The first-order chi connectivity index (χ1) is 10.4. The Kier molecular flexibility index (Phi) is 3.47. The Labute approximate surface area is 125 Å². The third-order valence-corrected chi connectivity index (χ3v) is 4.81. The van der Waals surface area contributed by atoms with E-state index in [9.17, 15) is 0 Å². The van der Waals surface area contributed by atoms with Gasteiger partial charge in [0.1, 0.15) is 5.82 Å². The van der Waals surface area contributed by atoms with Crippen LogP contribution in [0.25, 0.3) is 11.0 Å². The van der Waals surface area contributed by atoms with E-state index in [0.29, 0.717) is 6.04 Å². The zero-order valence-corrected chi connectivity index (χ0v) is 12.4. The Balaban J connectivity index is 1.56. The summed E-state index contributed by atoms with van der Waals surface area (Å²) in [7, 11) is 0. The molecule has 1 aromatic carbocycles. The average Bonchev–Trinajstić information content (AvgIpc) is 3.09. The molecule has 4 rings (SSSR count). The number of nitrogens with zero attached hydrogens (tertiary/aromatic N) is 4. The van der Waals surface area contributed by atoms with Gasteiger partial charge in [-0.3, -0.25) is 9.88 Å². The van der Waals surface area contributed by atoms with Crippen LogP contribution >= 0.6 is 0 Å². The maximum absolute atomic E-state index is 4.80. The normalized spacial score (nSPS) is 23.8. The fourth-order valence-corrected chi connectivity index (χ4v) is 3.67. The molecule has 0 spiro atoms. The van der Waals surface area contributed by atoms with E-state index < -0.39 is 0 Å². The lowest BCUT2D eigenvalue weighted by Crippen LogP contribution is -2.47. The van der Waals surface area contributed by atoms with E-state index in [1.165, 1.54) is 38.8 Å². The molecule has 1 unspecified atom stereocenters. The Morgan fingerprint density at radius 1 is 0.952 bits per heavy atom. The van der Waals surface area contributed by atoms with Crippen LogP contribution in [0.5, 0.6) is 0 Å². The number of rotatable bonds is 2. The summed E-state index contributed by atoms with van der Waals surface area (Å²) < 4.78 is 0. The summed E-state index contributed by atoms with van der Waals surface area (Å²) in [6.07, 6.45) is 7.26. The first kappa shape index (κ1) is 13.0. The van der Waals surface area contributed by atoms with E-state index in [4.69, 9.17) is 4.98 Å². The van der Waals surface area contributed by atoms with Crippen molar-refractivity contribution in [1.82, 2.24) is 14.9 Å². The molecule has 2 aliphatic heterocycles. The van der Waals surface area contributed by atoms with Gasteiger partial charge in [0.25, 0.3) is 0 Å². The van der Waals surface area contributed by atoms with E-state index in [1.54, 1.807) is 0 Å². The highest BCUT2D eigenvalue weighted by atomic mass is 15.3. The predicted molar refractivity (Wildman–Crippen MR) is 85.6 cm³/mol. The van der Waals surface area contributed by atoms with Crippen LogP contribution in [0.2, 0.25) is 0 Å². The summed E-state index contributed by atoms with van der Waals surface area (Å²) in [5, 5.41) is 0. The number of piperidine rings is 1. The highest BCUT2D eigenvalue weighted by Crippen LogP contribution is 2.24. The average molecular weight is 282 g/mol. The van der Waals surface area contributed by atoms with Crippen molar-refractivity contribution in [3.05, 3.63) is 30.5 Å². The zero-order valence-electron chi connectivity index (χ0n) is 12.4. The molecule has 21 heavy (non-hydrogen) atoms. The van der Waals surface area contributed by atoms with Gasteiger partial charge in [-0.05, 0) is 50.9 Å². The molecule has 0 radical (unpaired) electrons. The van der Waals surface area contributed by atoms with Crippen molar-refractivity contribution < 1.29 is 0 Å². The minimum absolute atomic E-state index is 0.703. The number of likely N-dealkylation sites (tertiary alicyclic amines) is 1. The molecule has 0 aliphatic carbocycles. The smallest absolute Gasteiger partial charge is 0.147 e. The molecule has 110 valence electrons. The van der Waals surface area contributed by atoms with Gasteiger partial charge >= 0.3 is 0 Å². The van der Waals surface area contributed by atoms with Gasteiger partial charge < -0.3 is 4.90 Å². The molecule has 2 aliphatic rings. The Hall–Kier alpha value is -1.68. The highest BCUT2D eigenvalue weighted by molar-refractivity contribution is 5.75. The van der Waals surface area contributed by atoms with Crippen LogP contribution in [0.3, 0.4) is 0 Å². The topological polar surface area (TPSA) is 32.3 Å². The van der Waals surface area contributed by atoms with Gasteiger partial charge in [-0.15, -0.1) is 0 Å². The third kappa shape index (κ3) is 2.60. The first-order valence-electron chi connectivity index (χ1n) is 8.11. The van der Waals surface area contributed by atoms with Crippen LogP contribution in [0, 0.1) is 0 Å². The maximum Gasteiger partial charge on any atom is 0.147 e. The third-order valence-electron chi connectivity index (χ3n) is 4.81. The molecule has 3 heterocycles. The van der Waals surface area contributed by atoms with Gasteiger partial charge in [-0.2, -0.15) is 0 Å². The number of hydrogen-bond donors (Lipinski definition) is 0. The number of hydrogen-bond acceptors (Lipinski definition) is 4. The molecule has 2 saturated heterocycles. The monoisotopic (exact) mass is 282 g/mol. The van der Waals surface area contributed by atoms with Crippen molar-refractivity contribution in [3.63, 3.8) is 0 Å². The standard InChI is InChI=1S/C17H22N4/c1-2-8-16-15(7-1)18-12-17(19-16)21-11-5-6-14(13-21)20-9-3-4-10-20/h1-2,7-8,12,14H,3-6,9-11,13H2. The summed E-state index contributed by atoms with van der Waals surface area (Å²) in [6, 6.07) is 8.82. The van der Waals surface area contributed by atoms with Crippen LogP contribution in [0.15, 0.2) is 30.5 Å². The Bertz CT molecular complexity index is 621. The largest absolute Gasteiger partial charge is 0.354 e. The van der Waals surface area contributed by atoms with Crippen molar-refractivity contribution in [3.8, 4) is 0 Å². The van der Waals surface area contributed by atoms with Crippen molar-refractivity contribution in [2.75, 3.05) is 31.1 Å². The molecule has 2 aromatic rings. The van der Waals surface area contributed by atoms with Gasteiger partial charge in [-0.25, -0.2) is 4.98 Å². The number of anilines is 1.